The van der Waals surface area contributed by atoms with E-state index in [1.807, 2.05) is 54.6 Å². The molecule has 0 saturated heterocycles. The summed E-state index contributed by atoms with van der Waals surface area (Å²) >= 11 is 0. The molecule has 0 amide bonds. The van der Waals surface area contributed by atoms with Crippen LogP contribution in [0.2, 0.25) is 0 Å². The molecule has 0 aliphatic rings. The van der Waals surface area contributed by atoms with Gasteiger partial charge in [-0.3, -0.25) is 0 Å². The van der Waals surface area contributed by atoms with Gasteiger partial charge in [0.2, 0.25) is 0 Å². The standard InChI is InChI=1S/C22H15F3O/c23-22(24,25)17-11-9-14(10-12-17)21(26)20-18-7-3-1-5-15(18)13-16-6-2-4-8-19(16)20/h1-13,21,26H. The summed E-state index contributed by atoms with van der Waals surface area (Å²) in [5.41, 5.74) is 0.411. The molecule has 0 aliphatic heterocycles. The van der Waals surface area contributed by atoms with Crippen LogP contribution in [0.4, 0.5) is 13.2 Å². The summed E-state index contributed by atoms with van der Waals surface area (Å²) in [6.45, 7) is 0. The second kappa shape index (κ2) is 6.15. The lowest BCUT2D eigenvalue weighted by atomic mass is 9.90. The molecule has 0 bridgehead atoms. The topological polar surface area (TPSA) is 20.2 Å². The number of alkyl halides is 3. The average Bonchev–Trinajstić information content (AvgIpc) is 2.65. The summed E-state index contributed by atoms with van der Waals surface area (Å²) in [6.07, 6.45) is -5.41. The van der Waals surface area contributed by atoms with Crippen LogP contribution in [-0.4, -0.2) is 5.11 Å². The van der Waals surface area contributed by atoms with Gasteiger partial charge < -0.3 is 5.11 Å². The molecule has 0 fully saturated rings. The van der Waals surface area contributed by atoms with Crippen LogP contribution in [0.15, 0.2) is 78.9 Å². The summed E-state index contributed by atoms with van der Waals surface area (Å²) < 4.78 is 38.4. The third kappa shape index (κ3) is 2.82. The Morgan fingerprint density at radius 2 is 1.19 bits per heavy atom. The molecule has 130 valence electrons. The SMILES string of the molecule is OC(c1ccc(C(F)(F)F)cc1)c1c2ccccc2cc2ccccc12. The number of halogens is 3. The third-order valence-corrected chi connectivity index (χ3v) is 4.64. The summed E-state index contributed by atoms with van der Waals surface area (Å²) in [6, 6.07) is 22.1. The Labute approximate surface area is 148 Å². The molecule has 1 nitrogen and oxygen atoms in total. The van der Waals surface area contributed by atoms with Crippen LogP contribution >= 0.6 is 0 Å². The fraction of sp³-hybridized carbons (Fsp3) is 0.0909. The first kappa shape index (κ1) is 16.6. The Balaban J connectivity index is 1.91. The van der Waals surface area contributed by atoms with Gasteiger partial charge in [0.05, 0.1) is 5.56 Å². The molecular formula is C22H15F3O. The smallest absolute Gasteiger partial charge is 0.384 e. The Bertz CT molecular complexity index is 1030. The Morgan fingerprint density at radius 3 is 1.69 bits per heavy atom. The van der Waals surface area contributed by atoms with Crippen molar-refractivity contribution in [3.63, 3.8) is 0 Å². The van der Waals surface area contributed by atoms with Crippen molar-refractivity contribution in [3.05, 3.63) is 95.6 Å². The zero-order chi connectivity index (χ0) is 18.3. The van der Waals surface area contributed by atoms with E-state index in [1.165, 1.54) is 12.1 Å². The number of hydrogen-bond acceptors (Lipinski definition) is 1. The lowest BCUT2D eigenvalue weighted by Crippen LogP contribution is -2.06. The zero-order valence-corrected chi connectivity index (χ0v) is 13.7. The minimum absolute atomic E-state index is 0.430. The molecule has 0 saturated carbocycles. The largest absolute Gasteiger partial charge is 0.416 e. The molecule has 4 rings (SSSR count). The monoisotopic (exact) mass is 352 g/mol. The Morgan fingerprint density at radius 1 is 0.692 bits per heavy atom. The minimum Gasteiger partial charge on any atom is -0.384 e. The van der Waals surface area contributed by atoms with Crippen LogP contribution < -0.4 is 0 Å². The quantitative estimate of drug-likeness (QED) is 0.433. The van der Waals surface area contributed by atoms with Crippen molar-refractivity contribution in [2.45, 2.75) is 12.3 Å². The van der Waals surface area contributed by atoms with Gasteiger partial charge in [0.15, 0.2) is 0 Å². The maximum absolute atomic E-state index is 12.8. The number of aliphatic hydroxyl groups excluding tert-OH is 1. The molecule has 1 N–H and O–H groups in total. The van der Waals surface area contributed by atoms with Crippen LogP contribution in [0.3, 0.4) is 0 Å². The van der Waals surface area contributed by atoms with Crippen molar-refractivity contribution < 1.29 is 18.3 Å². The highest BCUT2D eigenvalue weighted by molar-refractivity contribution is 6.02. The predicted octanol–water partition coefficient (Wildman–Crippen LogP) is 6.09. The van der Waals surface area contributed by atoms with Crippen molar-refractivity contribution >= 4 is 21.5 Å². The molecule has 0 radical (unpaired) electrons. The summed E-state index contributed by atoms with van der Waals surface area (Å²) in [4.78, 5) is 0. The van der Waals surface area contributed by atoms with Crippen LogP contribution in [0.5, 0.6) is 0 Å². The third-order valence-electron chi connectivity index (χ3n) is 4.64. The molecule has 26 heavy (non-hydrogen) atoms. The van der Waals surface area contributed by atoms with E-state index in [0.29, 0.717) is 11.1 Å². The van der Waals surface area contributed by atoms with E-state index in [4.69, 9.17) is 0 Å². The summed E-state index contributed by atoms with van der Waals surface area (Å²) in [7, 11) is 0. The van der Waals surface area contributed by atoms with Gasteiger partial charge in [0.1, 0.15) is 6.10 Å². The van der Waals surface area contributed by atoms with E-state index in [9.17, 15) is 18.3 Å². The second-order valence-electron chi connectivity index (χ2n) is 6.25. The van der Waals surface area contributed by atoms with Gasteiger partial charge in [0.25, 0.3) is 0 Å². The molecule has 0 heterocycles. The van der Waals surface area contributed by atoms with Gasteiger partial charge in [-0.1, -0.05) is 60.7 Å². The fourth-order valence-corrected chi connectivity index (χ4v) is 3.36. The van der Waals surface area contributed by atoms with Crippen LogP contribution in [-0.2, 0) is 6.18 Å². The summed E-state index contributed by atoms with van der Waals surface area (Å²) in [5.74, 6) is 0. The maximum Gasteiger partial charge on any atom is 0.416 e. The lowest BCUT2D eigenvalue weighted by molar-refractivity contribution is -0.137. The molecular weight excluding hydrogens is 337 g/mol. The van der Waals surface area contributed by atoms with Gasteiger partial charge in [-0.15, -0.1) is 0 Å². The van der Waals surface area contributed by atoms with Crippen LogP contribution in [0.25, 0.3) is 21.5 Å². The lowest BCUT2D eigenvalue weighted by Gasteiger charge is -2.18. The van der Waals surface area contributed by atoms with Gasteiger partial charge in [-0.25, -0.2) is 0 Å². The average molecular weight is 352 g/mol. The predicted molar refractivity (Wildman–Crippen MR) is 97.0 cm³/mol. The first-order chi connectivity index (χ1) is 12.4. The zero-order valence-electron chi connectivity index (χ0n) is 13.7. The number of benzene rings is 4. The van der Waals surface area contributed by atoms with Gasteiger partial charge in [0, 0.05) is 5.56 Å². The normalized spacial score (nSPS) is 13.2. The minimum atomic E-state index is -4.39. The first-order valence-corrected chi connectivity index (χ1v) is 8.21. The first-order valence-electron chi connectivity index (χ1n) is 8.21. The number of aliphatic hydroxyl groups is 1. The fourth-order valence-electron chi connectivity index (χ4n) is 3.36. The van der Waals surface area contributed by atoms with Gasteiger partial charge in [-0.2, -0.15) is 13.2 Å². The number of fused-ring (bicyclic) bond motifs is 2. The van der Waals surface area contributed by atoms with E-state index >= 15 is 0 Å². The van der Waals surface area contributed by atoms with E-state index in [2.05, 4.69) is 0 Å². The van der Waals surface area contributed by atoms with Crippen LogP contribution in [0, 0.1) is 0 Å². The molecule has 1 unspecified atom stereocenters. The second-order valence-corrected chi connectivity index (χ2v) is 6.25. The molecule has 1 atom stereocenters. The molecule has 4 aromatic rings. The van der Waals surface area contributed by atoms with Crippen molar-refractivity contribution in [2.75, 3.05) is 0 Å². The van der Waals surface area contributed by atoms with E-state index in [-0.39, 0.29) is 0 Å². The Kier molecular flexibility index (Phi) is 3.93. The summed E-state index contributed by atoms with van der Waals surface area (Å²) in [5, 5.41) is 14.7. The van der Waals surface area contributed by atoms with E-state index in [0.717, 1.165) is 33.7 Å². The van der Waals surface area contributed by atoms with E-state index in [1.54, 1.807) is 0 Å². The molecule has 0 aliphatic carbocycles. The molecule has 4 aromatic carbocycles. The van der Waals surface area contributed by atoms with E-state index < -0.39 is 17.8 Å². The number of hydrogen-bond donors (Lipinski definition) is 1. The van der Waals surface area contributed by atoms with Crippen LogP contribution in [0.1, 0.15) is 22.8 Å². The van der Waals surface area contributed by atoms with Gasteiger partial charge in [-0.05, 0) is 45.3 Å². The number of rotatable bonds is 2. The highest BCUT2D eigenvalue weighted by Crippen LogP contribution is 2.37. The molecule has 0 spiro atoms. The highest BCUT2D eigenvalue weighted by atomic mass is 19.4. The van der Waals surface area contributed by atoms with Crippen molar-refractivity contribution in [2.24, 2.45) is 0 Å². The highest BCUT2D eigenvalue weighted by Gasteiger charge is 2.30. The van der Waals surface area contributed by atoms with Crippen molar-refractivity contribution in [1.29, 1.82) is 0 Å². The Hall–Kier alpha value is -2.85. The molecule has 4 heteroatoms. The van der Waals surface area contributed by atoms with Crippen molar-refractivity contribution in [1.82, 2.24) is 0 Å². The van der Waals surface area contributed by atoms with Gasteiger partial charge >= 0.3 is 6.18 Å². The van der Waals surface area contributed by atoms with Crippen molar-refractivity contribution in [3.8, 4) is 0 Å². The maximum atomic E-state index is 12.8. The molecule has 0 aromatic heterocycles.